The van der Waals surface area contributed by atoms with Crippen LogP contribution in [0, 0.1) is 5.92 Å². The van der Waals surface area contributed by atoms with Gasteiger partial charge in [-0.2, -0.15) is 0 Å². The molecule has 5 atom stereocenters. The van der Waals surface area contributed by atoms with Gasteiger partial charge >= 0.3 is 6.09 Å². The average molecular weight is 746 g/mol. The number of nitrogens with one attached hydrogen (secondary N) is 1. The van der Waals surface area contributed by atoms with Crippen LogP contribution in [0.25, 0.3) is 11.1 Å². The van der Waals surface area contributed by atoms with Gasteiger partial charge in [0.2, 0.25) is 5.91 Å². The third kappa shape index (κ3) is 9.69. The highest BCUT2D eigenvalue weighted by Crippen LogP contribution is 2.42. The summed E-state index contributed by atoms with van der Waals surface area (Å²) in [6, 6.07) is 32.2. The monoisotopic (exact) mass is 745 g/mol. The standard InChI is InChI=1S/C45H51N3O7/c1-31-40(28-47-22-8-3-2-4-9-23-47)54-44(55-42(31)35-20-18-32(29-49)19-21-35)38-17-11-16-37(25-38)36-15-10-14-34(24-36)27-48-41(50)26-39(43(48)51)46-45(52)53-30-33-12-6-5-7-13-33/h5-7,10-21,24-25,31,39-40,42,44,49H,2-4,8-9,22-23,26-30H2,1H3,(H,46,52)/t31-,39?,40+,42+,44+/m0/s1. The van der Waals surface area contributed by atoms with Crippen LogP contribution in [0.2, 0.25) is 0 Å². The number of benzene rings is 4. The van der Waals surface area contributed by atoms with Crippen molar-refractivity contribution in [2.24, 2.45) is 5.92 Å². The molecule has 3 aliphatic rings. The van der Waals surface area contributed by atoms with Gasteiger partial charge < -0.3 is 29.5 Å². The van der Waals surface area contributed by atoms with Crippen LogP contribution in [-0.2, 0) is 43.6 Å². The summed E-state index contributed by atoms with van der Waals surface area (Å²) < 4.78 is 18.9. The molecule has 7 rings (SSSR count). The minimum Gasteiger partial charge on any atom is -0.445 e. The van der Waals surface area contributed by atoms with E-state index < -0.39 is 24.3 Å². The van der Waals surface area contributed by atoms with Crippen molar-refractivity contribution in [3.8, 4) is 11.1 Å². The summed E-state index contributed by atoms with van der Waals surface area (Å²) >= 11 is 0. The molecule has 0 radical (unpaired) electrons. The Labute approximate surface area is 323 Å². The minimum absolute atomic E-state index is 0.00689. The summed E-state index contributed by atoms with van der Waals surface area (Å²) in [4.78, 5) is 42.4. The van der Waals surface area contributed by atoms with Crippen molar-refractivity contribution < 1.29 is 33.7 Å². The number of hydrogen-bond acceptors (Lipinski definition) is 8. The molecule has 288 valence electrons. The van der Waals surface area contributed by atoms with Crippen molar-refractivity contribution >= 4 is 17.9 Å². The van der Waals surface area contributed by atoms with Crippen molar-refractivity contribution in [2.45, 2.75) is 89.7 Å². The van der Waals surface area contributed by atoms with Gasteiger partial charge in [-0.25, -0.2) is 4.79 Å². The van der Waals surface area contributed by atoms with Crippen LogP contribution in [0.3, 0.4) is 0 Å². The quantitative estimate of drug-likeness (QED) is 0.152. The number of imide groups is 1. The summed E-state index contributed by atoms with van der Waals surface area (Å²) in [6.45, 7) is 5.35. The zero-order valence-corrected chi connectivity index (χ0v) is 31.5. The SMILES string of the molecule is C[C@H]1[C@@H](CN2CCCCCCC2)O[C@@H](c2cccc(-c3cccc(CN4C(=O)CC(NC(=O)OCc5ccccc5)C4=O)c3)c2)O[C@H]1c1ccc(CO)cc1. The molecule has 4 aromatic rings. The molecule has 4 aromatic carbocycles. The molecule has 1 unspecified atom stereocenters. The fourth-order valence-electron chi connectivity index (χ4n) is 7.84. The average Bonchev–Trinajstić information content (AvgIpc) is 3.46. The Morgan fingerprint density at radius 2 is 1.47 bits per heavy atom. The van der Waals surface area contributed by atoms with Crippen LogP contribution >= 0.6 is 0 Å². The zero-order valence-electron chi connectivity index (χ0n) is 31.5. The number of alkyl carbamates (subject to hydrolysis) is 1. The normalized spacial score (nSPS) is 23.6. The Morgan fingerprint density at radius 1 is 0.782 bits per heavy atom. The van der Waals surface area contributed by atoms with Crippen LogP contribution in [-0.4, -0.2) is 64.6 Å². The van der Waals surface area contributed by atoms with Crippen molar-refractivity contribution in [2.75, 3.05) is 19.6 Å². The molecule has 0 spiro atoms. The van der Waals surface area contributed by atoms with Gasteiger partial charge in [-0.15, -0.1) is 0 Å². The minimum atomic E-state index is -0.974. The van der Waals surface area contributed by atoms with Gasteiger partial charge in [0.1, 0.15) is 12.6 Å². The van der Waals surface area contributed by atoms with E-state index in [-0.39, 0.29) is 50.2 Å². The molecule has 10 nitrogen and oxygen atoms in total. The van der Waals surface area contributed by atoms with Crippen LogP contribution < -0.4 is 5.32 Å². The Morgan fingerprint density at radius 3 is 2.22 bits per heavy atom. The molecule has 3 saturated heterocycles. The van der Waals surface area contributed by atoms with E-state index in [0.29, 0.717) is 0 Å². The largest absolute Gasteiger partial charge is 0.445 e. The maximum Gasteiger partial charge on any atom is 0.408 e. The van der Waals surface area contributed by atoms with Gasteiger partial charge in [-0.1, -0.05) is 117 Å². The van der Waals surface area contributed by atoms with E-state index in [1.165, 1.54) is 37.0 Å². The first kappa shape index (κ1) is 38.4. The van der Waals surface area contributed by atoms with Gasteiger partial charge in [-0.3, -0.25) is 14.5 Å². The highest BCUT2D eigenvalue weighted by molar-refractivity contribution is 6.06. The summed E-state index contributed by atoms with van der Waals surface area (Å²) in [5.74, 6) is -0.703. The highest BCUT2D eigenvalue weighted by Gasteiger charge is 2.41. The molecule has 0 aromatic heterocycles. The summed E-state index contributed by atoms with van der Waals surface area (Å²) in [5.41, 5.74) is 6.32. The molecule has 3 amide bonds. The lowest BCUT2D eigenvalue weighted by Crippen LogP contribution is -2.45. The number of aliphatic hydroxyl groups excluding tert-OH is 1. The molecular formula is C45H51N3O7. The van der Waals surface area contributed by atoms with Gasteiger partial charge in [0.25, 0.3) is 5.91 Å². The van der Waals surface area contributed by atoms with Crippen molar-refractivity contribution in [1.29, 1.82) is 0 Å². The number of ether oxygens (including phenoxy) is 3. The number of carbonyl (C=O) groups is 3. The maximum atomic E-state index is 13.3. The van der Waals surface area contributed by atoms with Crippen LogP contribution in [0.5, 0.6) is 0 Å². The molecule has 10 heteroatoms. The first-order chi connectivity index (χ1) is 26.8. The van der Waals surface area contributed by atoms with Gasteiger partial charge in [0.05, 0.1) is 31.8 Å². The van der Waals surface area contributed by atoms with Crippen molar-refractivity contribution in [3.05, 3.63) is 131 Å². The fraction of sp³-hybridized carbons (Fsp3) is 0.400. The predicted octanol–water partition coefficient (Wildman–Crippen LogP) is 7.46. The molecule has 3 heterocycles. The second-order valence-electron chi connectivity index (χ2n) is 15.0. The lowest BCUT2D eigenvalue weighted by molar-refractivity contribution is -0.276. The van der Waals surface area contributed by atoms with E-state index >= 15 is 0 Å². The molecule has 0 bridgehead atoms. The predicted molar refractivity (Wildman–Crippen MR) is 208 cm³/mol. The lowest BCUT2D eigenvalue weighted by atomic mass is 9.89. The van der Waals surface area contributed by atoms with E-state index in [4.69, 9.17) is 14.2 Å². The van der Waals surface area contributed by atoms with Gasteiger partial charge in [0.15, 0.2) is 6.29 Å². The van der Waals surface area contributed by atoms with E-state index in [9.17, 15) is 19.5 Å². The number of likely N-dealkylation sites (tertiary alicyclic amines) is 2. The lowest BCUT2D eigenvalue weighted by Gasteiger charge is -2.43. The third-order valence-corrected chi connectivity index (χ3v) is 11.0. The topological polar surface area (TPSA) is 118 Å². The van der Waals surface area contributed by atoms with E-state index in [1.54, 1.807) is 0 Å². The molecule has 55 heavy (non-hydrogen) atoms. The Hall–Kier alpha value is -4.87. The van der Waals surface area contributed by atoms with E-state index in [0.717, 1.165) is 58.6 Å². The second-order valence-corrected chi connectivity index (χ2v) is 15.0. The van der Waals surface area contributed by atoms with E-state index in [1.807, 2.05) is 84.9 Å². The molecular weight excluding hydrogens is 695 g/mol. The number of aliphatic hydroxyl groups is 1. The number of carbonyl (C=O) groups excluding carboxylic acids is 3. The van der Waals surface area contributed by atoms with Crippen LogP contribution in [0.1, 0.15) is 85.7 Å². The summed E-state index contributed by atoms with van der Waals surface area (Å²) in [5, 5.41) is 12.2. The third-order valence-electron chi connectivity index (χ3n) is 11.0. The highest BCUT2D eigenvalue weighted by atomic mass is 16.7. The molecule has 3 aliphatic heterocycles. The fourth-order valence-corrected chi connectivity index (χ4v) is 7.84. The number of rotatable bonds is 11. The van der Waals surface area contributed by atoms with Crippen LogP contribution in [0.4, 0.5) is 4.79 Å². The summed E-state index contributed by atoms with van der Waals surface area (Å²) in [6.07, 6.45) is 4.56. The smallest absolute Gasteiger partial charge is 0.408 e. The molecule has 0 saturated carbocycles. The van der Waals surface area contributed by atoms with Gasteiger partial charge in [0, 0.05) is 18.0 Å². The van der Waals surface area contributed by atoms with Crippen LogP contribution in [0.15, 0.2) is 103 Å². The number of amides is 3. The Kier molecular flexibility index (Phi) is 12.7. The Bertz CT molecular complexity index is 1910. The second kappa shape index (κ2) is 18.2. The summed E-state index contributed by atoms with van der Waals surface area (Å²) in [7, 11) is 0. The molecule has 0 aliphatic carbocycles. The van der Waals surface area contributed by atoms with Crippen molar-refractivity contribution in [1.82, 2.24) is 15.1 Å². The molecule has 3 fully saturated rings. The maximum absolute atomic E-state index is 13.3. The molecule has 2 N–H and O–H groups in total. The number of nitrogens with zero attached hydrogens (tertiary/aromatic N) is 2. The Balaban J connectivity index is 1.05. The van der Waals surface area contributed by atoms with E-state index in [2.05, 4.69) is 35.3 Å². The number of hydrogen-bond donors (Lipinski definition) is 2. The zero-order chi connectivity index (χ0) is 38.1. The van der Waals surface area contributed by atoms with Gasteiger partial charge in [-0.05, 0) is 71.4 Å². The first-order valence-corrected chi connectivity index (χ1v) is 19.6. The first-order valence-electron chi connectivity index (χ1n) is 19.6. The van der Waals surface area contributed by atoms with Crippen molar-refractivity contribution in [3.63, 3.8) is 0 Å².